The van der Waals surface area contributed by atoms with Gasteiger partial charge in [0.25, 0.3) is 0 Å². The van der Waals surface area contributed by atoms with Crippen LogP contribution in [0.3, 0.4) is 0 Å². The summed E-state index contributed by atoms with van der Waals surface area (Å²) < 4.78 is 18.9. The Hall–Kier alpha value is -2.43. The predicted molar refractivity (Wildman–Crippen MR) is 90.6 cm³/mol. The van der Waals surface area contributed by atoms with Crippen LogP contribution in [0.1, 0.15) is 23.0 Å². The lowest BCUT2D eigenvalue weighted by Crippen LogP contribution is -2.28. The van der Waals surface area contributed by atoms with Crippen LogP contribution < -0.4 is 0 Å². The molecule has 0 saturated carbocycles. The highest BCUT2D eigenvalue weighted by molar-refractivity contribution is 5.19. The van der Waals surface area contributed by atoms with Gasteiger partial charge in [0.1, 0.15) is 11.6 Å². The summed E-state index contributed by atoms with van der Waals surface area (Å²) in [6.07, 6.45) is 1.01. The third kappa shape index (κ3) is 4.54. The minimum atomic E-state index is -0.616. The van der Waals surface area contributed by atoms with Crippen LogP contribution in [-0.2, 0) is 13.1 Å². The molecule has 3 rings (SSSR count). The van der Waals surface area contributed by atoms with Crippen molar-refractivity contribution in [3.63, 3.8) is 0 Å². The van der Waals surface area contributed by atoms with Gasteiger partial charge in [-0.3, -0.25) is 4.90 Å². The van der Waals surface area contributed by atoms with Crippen LogP contribution in [0.15, 0.2) is 77.4 Å². The molecule has 1 aromatic heterocycles. The van der Waals surface area contributed by atoms with Gasteiger partial charge in [0, 0.05) is 13.1 Å². The molecule has 3 aromatic rings. The molecule has 0 aliphatic heterocycles. The van der Waals surface area contributed by atoms with Gasteiger partial charge in [0.15, 0.2) is 0 Å². The van der Waals surface area contributed by atoms with Crippen LogP contribution in [0.25, 0.3) is 0 Å². The molecule has 0 saturated heterocycles. The van der Waals surface area contributed by atoms with Crippen molar-refractivity contribution < 1.29 is 13.9 Å². The van der Waals surface area contributed by atoms with Crippen molar-refractivity contribution in [1.82, 2.24) is 4.90 Å². The number of furan rings is 1. The fourth-order valence-corrected chi connectivity index (χ4v) is 2.73. The summed E-state index contributed by atoms with van der Waals surface area (Å²) in [4.78, 5) is 2.05. The van der Waals surface area contributed by atoms with E-state index in [1.807, 2.05) is 53.4 Å². The van der Waals surface area contributed by atoms with E-state index in [0.29, 0.717) is 19.6 Å². The molecule has 1 heterocycles. The number of aliphatic hydroxyl groups excluding tert-OH is 1. The fourth-order valence-electron chi connectivity index (χ4n) is 2.73. The standard InChI is InChI=1S/C20H20FNO2/c21-18-9-4-6-16(12-18)13-22(14-19-10-5-11-24-19)15-20(23)17-7-2-1-3-8-17/h1-12,20,23H,13-15H2. The Bertz CT molecular complexity index is 743. The average molecular weight is 325 g/mol. The smallest absolute Gasteiger partial charge is 0.123 e. The maximum Gasteiger partial charge on any atom is 0.123 e. The number of benzene rings is 2. The van der Waals surface area contributed by atoms with Crippen molar-refractivity contribution in [3.05, 3.63) is 95.7 Å². The van der Waals surface area contributed by atoms with Crippen molar-refractivity contribution in [2.45, 2.75) is 19.2 Å². The van der Waals surface area contributed by atoms with Gasteiger partial charge in [-0.1, -0.05) is 42.5 Å². The third-order valence-electron chi connectivity index (χ3n) is 3.87. The van der Waals surface area contributed by atoms with Crippen LogP contribution >= 0.6 is 0 Å². The van der Waals surface area contributed by atoms with Crippen LogP contribution in [0, 0.1) is 5.82 Å². The number of hydrogen-bond donors (Lipinski definition) is 1. The average Bonchev–Trinajstić information content (AvgIpc) is 3.08. The first-order valence-electron chi connectivity index (χ1n) is 7.93. The molecule has 1 unspecified atom stereocenters. The summed E-state index contributed by atoms with van der Waals surface area (Å²) in [6.45, 7) is 1.51. The monoisotopic (exact) mass is 325 g/mol. The molecule has 4 heteroatoms. The third-order valence-corrected chi connectivity index (χ3v) is 3.87. The molecule has 0 aliphatic rings. The van der Waals surface area contributed by atoms with E-state index in [-0.39, 0.29) is 5.82 Å². The van der Waals surface area contributed by atoms with E-state index in [4.69, 9.17) is 4.42 Å². The summed E-state index contributed by atoms with van der Waals surface area (Å²) in [5.74, 6) is 0.556. The van der Waals surface area contributed by atoms with Crippen LogP contribution in [0.2, 0.25) is 0 Å². The highest BCUT2D eigenvalue weighted by Gasteiger charge is 2.15. The second-order valence-corrected chi connectivity index (χ2v) is 5.81. The molecule has 24 heavy (non-hydrogen) atoms. The summed E-state index contributed by atoms with van der Waals surface area (Å²) in [6, 6.07) is 19.8. The number of aliphatic hydroxyl groups is 1. The number of halogens is 1. The van der Waals surface area contributed by atoms with E-state index < -0.39 is 6.10 Å². The largest absolute Gasteiger partial charge is 0.468 e. The van der Waals surface area contributed by atoms with Gasteiger partial charge < -0.3 is 9.52 Å². The van der Waals surface area contributed by atoms with E-state index in [1.54, 1.807) is 12.3 Å². The summed E-state index contributed by atoms with van der Waals surface area (Å²) >= 11 is 0. The van der Waals surface area contributed by atoms with Gasteiger partial charge in [-0.05, 0) is 35.4 Å². The van der Waals surface area contributed by atoms with Gasteiger partial charge >= 0.3 is 0 Å². The summed E-state index contributed by atoms with van der Waals surface area (Å²) in [5, 5.41) is 10.5. The SMILES string of the molecule is OC(CN(Cc1cccc(F)c1)Cc1ccco1)c1ccccc1. The quantitative estimate of drug-likeness (QED) is 0.709. The molecule has 3 nitrogen and oxygen atoms in total. The maximum absolute atomic E-state index is 13.4. The minimum Gasteiger partial charge on any atom is -0.468 e. The number of nitrogens with zero attached hydrogens (tertiary/aromatic N) is 1. The first kappa shape index (κ1) is 16.4. The molecular formula is C20H20FNO2. The Kier molecular flexibility index (Phi) is 5.41. The Labute approximate surface area is 141 Å². The molecule has 0 spiro atoms. The first-order chi connectivity index (χ1) is 11.7. The molecule has 1 atom stereocenters. The molecule has 0 fully saturated rings. The summed E-state index contributed by atoms with van der Waals surface area (Å²) in [5.41, 5.74) is 1.73. The van der Waals surface area contributed by atoms with Crippen LogP contribution in [-0.4, -0.2) is 16.6 Å². The lowest BCUT2D eigenvalue weighted by molar-refractivity contribution is 0.100. The normalized spacial score (nSPS) is 12.5. The second kappa shape index (κ2) is 7.90. The fraction of sp³-hybridized carbons (Fsp3) is 0.200. The zero-order chi connectivity index (χ0) is 16.8. The summed E-state index contributed by atoms with van der Waals surface area (Å²) in [7, 11) is 0. The van der Waals surface area contributed by atoms with E-state index >= 15 is 0 Å². The number of rotatable bonds is 7. The maximum atomic E-state index is 13.4. The first-order valence-corrected chi connectivity index (χ1v) is 7.93. The Morgan fingerprint density at radius 1 is 0.958 bits per heavy atom. The molecule has 0 aliphatic carbocycles. The van der Waals surface area contributed by atoms with Crippen molar-refractivity contribution in [2.75, 3.05) is 6.54 Å². The highest BCUT2D eigenvalue weighted by Crippen LogP contribution is 2.18. The zero-order valence-electron chi connectivity index (χ0n) is 13.3. The molecule has 2 aromatic carbocycles. The van der Waals surface area contributed by atoms with E-state index in [2.05, 4.69) is 0 Å². The van der Waals surface area contributed by atoms with Crippen molar-refractivity contribution in [3.8, 4) is 0 Å². The Morgan fingerprint density at radius 3 is 2.50 bits per heavy atom. The topological polar surface area (TPSA) is 36.6 Å². The molecule has 1 N–H and O–H groups in total. The van der Waals surface area contributed by atoms with Gasteiger partial charge in [-0.15, -0.1) is 0 Å². The van der Waals surface area contributed by atoms with Crippen LogP contribution in [0.5, 0.6) is 0 Å². The molecule has 0 radical (unpaired) electrons. The lowest BCUT2D eigenvalue weighted by Gasteiger charge is -2.24. The highest BCUT2D eigenvalue weighted by atomic mass is 19.1. The van der Waals surface area contributed by atoms with Crippen molar-refractivity contribution >= 4 is 0 Å². The van der Waals surface area contributed by atoms with E-state index in [0.717, 1.165) is 16.9 Å². The zero-order valence-corrected chi connectivity index (χ0v) is 13.3. The van der Waals surface area contributed by atoms with Crippen LogP contribution in [0.4, 0.5) is 4.39 Å². The van der Waals surface area contributed by atoms with E-state index in [1.165, 1.54) is 12.1 Å². The van der Waals surface area contributed by atoms with Crippen molar-refractivity contribution in [1.29, 1.82) is 0 Å². The molecule has 0 bridgehead atoms. The van der Waals surface area contributed by atoms with Gasteiger partial charge in [-0.2, -0.15) is 0 Å². The molecular weight excluding hydrogens is 305 g/mol. The van der Waals surface area contributed by atoms with Crippen molar-refractivity contribution in [2.24, 2.45) is 0 Å². The van der Waals surface area contributed by atoms with Gasteiger partial charge in [0.05, 0.1) is 18.9 Å². The molecule has 0 amide bonds. The van der Waals surface area contributed by atoms with Gasteiger partial charge in [-0.25, -0.2) is 4.39 Å². The molecule has 124 valence electrons. The minimum absolute atomic E-state index is 0.256. The second-order valence-electron chi connectivity index (χ2n) is 5.81. The number of hydrogen-bond acceptors (Lipinski definition) is 3. The lowest BCUT2D eigenvalue weighted by atomic mass is 10.1. The van der Waals surface area contributed by atoms with E-state index in [9.17, 15) is 9.50 Å². The Balaban J connectivity index is 1.74. The van der Waals surface area contributed by atoms with Gasteiger partial charge in [0.2, 0.25) is 0 Å². The Morgan fingerprint density at radius 2 is 1.79 bits per heavy atom. The predicted octanol–water partition coefficient (Wildman–Crippen LogP) is 4.15.